The first kappa shape index (κ1) is 13.2. The van der Waals surface area contributed by atoms with Gasteiger partial charge in [0.15, 0.2) is 5.57 Å². The van der Waals surface area contributed by atoms with Crippen molar-refractivity contribution >= 4 is 17.9 Å². The molecule has 0 N–H and O–H groups in total. The smallest absolute Gasteiger partial charge is 0.345 e. The highest BCUT2D eigenvalue weighted by molar-refractivity contribution is 6.17. The molecule has 0 aliphatic rings. The van der Waals surface area contributed by atoms with Crippen LogP contribution in [0.15, 0.2) is 11.6 Å². The monoisotopic (exact) mass is 216 g/mol. The molecule has 15 heavy (non-hydrogen) atoms. The fourth-order valence-corrected chi connectivity index (χ4v) is 0.697. The van der Waals surface area contributed by atoms with Crippen LogP contribution in [0.2, 0.25) is 0 Å². The molecule has 0 rings (SSSR count). The number of hydrogen-bond donors (Lipinski definition) is 0. The second-order valence-corrected chi connectivity index (χ2v) is 2.29. The molecule has 6 nitrogen and oxygen atoms in total. The lowest BCUT2D eigenvalue weighted by Crippen LogP contribution is -2.18. The summed E-state index contributed by atoms with van der Waals surface area (Å²) in [6, 6.07) is 0. The minimum Gasteiger partial charge on any atom is -0.466 e. The average Bonchev–Trinajstić information content (AvgIpc) is 2.24. The van der Waals surface area contributed by atoms with E-state index in [0.717, 1.165) is 20.3 Å². The van der Waals surface area contributed by atoms with Crippen molar-refractivity contribution in [2.24, 2.45) is 0 Å². The van der Waals surface area contributed by atoms with Gasteiger partial charge < -0.3 is 14.2 Å². The number of rotatable bonds is 4. The molecule has 0 heterocycles. The zero-order valence-corrected chi connectivity index (χ0v) is 8.73. The largest absolute Gasteiger partial charge is 0.466 e. The van der Waals surface area contributed by atoms with E-state index < -0.39 is 23.5 Å². The molecule has 0 atom stereocenters. The lowest BCUT2D eigenvalue weighted by Gasteiger charge is -2.04. The van der Waals surface area contributed by atoms with E-state index in [1.54, 1.807) is 6.92 Å². The molecule has 0 saturated heterocycles. The van der Waals surface area contributed by atoms with Crippen molar-refractivity contribution in [3.63, 3.8) is 0 Å². The number of ether oxygens (including phenoxy) is 3. The summed E-state index contributed by atoms with van der Waals surface area (Å²) in [6.07, 6.45) is 0.726. The third-order valence-corrected chi connectivity index (χ3v) is 1.36. The quantitative estimate of drug-likeness (QED) is 0.213. The zero-order valence-electron chi connectivity index (χ0n) is 8.73. The Hall–Kier alpha value is -1.85. The van der Waals surface area contributed by atoms with Crippen molar-refractivity contribution in [1.82, 2.24) is 0 Å². The van der Waals surface area contributed by atoms with Gasteiger partial charge in [-0.25, -0.2) is 14.4 Å². The molecule has 0 radical (unpaired) electrons. The lowest BCUT2D eigenvalue weighted by atomic mass is 10.2. The van der Waals surface area contributed by atoms with Crippen LogP contribution >= 0.6 is 0 Å². The van der Waals surface area contributed by atoms with Gasteiger partial charge in [-0.3, -0.25) is 0 Å². The average molecular weight is 216 g/mol. The van der Waals surface area contributed by atoms with E-state index >= 15 is 0 Å². The van der Waals surface area contributed by atoms with Crippen LogP contribution in [0, 0.1) is 0 Å². The zero-order chi connectivity index (χ0) is 11.8. The van der Waals surface area contributed by atoms with Crippen LogP contribution in [0.5, 0.6) is 0 Å². The van der Waals surface area contributed by atoms with E-state index in [1.807, 2.05) is 0 Å². The highest BCUT2D eigenvalue weighted by Gasteiger charge is 2.21. The van der Waals surface area contributed by atoms with E-state index in [0.29, 0.717) is 0 Å². The third kappa shape index (κ3) is 4.26. The molecule has 6 heteroatoms. The molecule has 0 saturated carbocycles. The van der Waals surface area contributed by atoms with Gasteiger partial charge in [-0.2, -0.15) is 0 Å². The van der Waals surface area contributed by atoms with Crippen LogP contribution in [0.3, 0.4) is 0 Å². The molecule has 0 unspecified atom stereocenters. The van der Waals surface area contributed by atoms with Crippen molar-refractivity contribution < 1.29 is 28.6 Å². The lowest BCUT2D eigenvalue weighted by molar-refractivity contribution is -0.146. The molecule has 0 amide bonds. The summed E-state index contributed by atoms with van der Waals surface area (Å²) in [6.45, 7) is 1.67. The van der Waals surface area contributed by atoms with Gasteiger partial charge in [-0.05, 0) is 6.92 Å². The van der Waals surface area contributed by atoms with Crippen LogP contribution in [-0.2, 0) is 28.6 Å². The number of esters is 3. The summed E-state index contributed by atoms with van der Waals surface area (Å²) in [7, 11) is 2.21. The van der Waals surface area contributed by atoms with Crippen LogP contribution in [0.1, 0.15) is 6.92 Å². The second-order valence-electron chi connectivity index (χ2n) is 2.29. The third-order valence-electron chi connectivity index (χ3n) is 1.36. The van der Waals surface area contributed by atoms with E-state index in [1.165, 1.54) is 0 Å². The first-order chi connectivity index (χ1) is 7.06. The summed E-state index contributed by atoms with van der Waals surface area (Å²) in [4.78, 5) is 33.1. The maximum atomic E-state index is 11.2. The summed E-state index contributed by atoms with van der Waals surface area (Å²) in [5.41, 5.74) is -0.494. The van der Waals surface area contributed by atoms with Crippen molar-refractivity contribution in [3.05, 3.63) is 11.6 Å². The van der Waals surface area contributed by atoms with E-state index in [2.05, 4.69) is 14.2 Å². The molecule has 0 aliphatic carbocycles. The fourth-order valence-electron chi connectivity index (χ4n) is 0.697. The molecule has 0 aromatic carbocycles. The Kier molecular flexibility index (Phi) is 5.77. The topological polar surface area (TPSA) is 78.9 Å². The Morgan fingerprint density at radius 3 is 2.07 bits per heavy atom. The van der Waals surface area contributed by atoms with Crippen molar-refractivity contribution in [3.8, 4) is 0 Å². The predicted octanol–water partition coefficient (Wildman–Crippen LogP) is -0.178. The molecule has 0 bridgehead atoms. The van der Waals surface area contributed by atoms with Gasteiger partial charge >= 0.3 is 17.9 Å². The van der Waals surface area contributed by atoms with Crippen LogP contribution in [0.4, 0.5) is 0 Å². The SMILES string of the molecule is CCOC(=O)/C(=C/C(=O)OC)C(=O)OC. The van der Waals surface area contributed by atoms with Gasteiger partial charge in [-0.1, -0.05) is 0 Å². The Bertz CT molecular complexity index is 291. The summed E-state index contributed by atoms with van der Waals surface area (Å²) in [5, 5.41) is 0. The van der Waals surface area contributed by atoms with Crippen LogP contribution in [0.25, 0.3) is 0 Å². The Balaban J connectivity index is 4.88. The summed E-state index contributed by atoms with van der Waals surface area (Å²) in [5.74, 6) is -2.70. The van der Waals surface area contributed by atoms with E-state index in [4.69, 9.17) is 0 Å². The molecule has 0 fully saturated rings. The molecule has 0 spiro atoms. The van der Waals surface area contributed by atoms with Crippen molar-refractivity contribution in [1.29, 1.82) is 0 Å². The van der Waals surface area contributed by atoms with Crippen molar-refractivity contribution in [2.75, 3.05) is 20.8 Å². The van der Waals surface area contributed by atoms with Crippen LogP contribution in [-0.4, -0.2) is 38.7 Å². The van der Waals surface area contributed by atoms with E-state index in [9.17, 15) is 14.4 Å². The van der Waals surface area contributed by atoms with Gasteiger partial charge in [-0.15, -0.1) is 0 Å². The summed E-state index contributed by atoms with van der Waals surface area (Å²) < 4.78 is 13.1. The molecular formula is C9H12O6. The molecule has 0 aromatic rings. The van der Waals surface area contributed by atoms with Crippen molar-refractivity contribution in [2.45, 2.75) is 6.92 Å². The first-order valence-corrected chi connectivity index (χ1v) is 4.11. The van der Waals surface area contributed by atoms with Gasteiger partial charge in [0.2, 0.25) is 0 Å². The molecule has 0 aliphatic heterocycles. The minimum absolute atomic E-state index is 0.0916. The number of hydrogen-bond acceptors (Lipinski definition) is 6. The van der Waals surface area contributed by atoms with Gasteiger partial charge in [0.05, 0.1) is 20.8 Å². The van der Waals surface area contributed by atoms with Crippen LogP contribution < -0.4 is 0 Å². The second kappa shape index (κ2) is 6.58. The Labute approximate surface area is 86.8 Å². The molecular weight excluding hydrogens is 204 g/mol. The highest BCUT2D eigenvalue weighted by Crippen LogP contribution is 2.02. The first-order valence-electron chi connectivity index (χ1n) is 4.11. The normalized spacial score (nSPS) is 10.5. The fraction of sp³-hybridized carbons (Fsp3) is 0.444. The highest BCUT2D eigenvalue weighted by atomic mass is 16.5. The maximum Gasteiger partial charge on any atom is 0.345 e. The molecule has 0 aromatic heterocycles. The van der Waals surface area contributed by atoms with E-state index in [-0.39, 0.29) is 6.61 Å². The minimum atomic E-state index is -0.946. The molecule has 84 valence electrons. The standard InChI is InChI=1S/C9H12O6/c1-4-15-9(12)6(8(11)14-3)5-7(10)13-2/h5H,4H2,1-3H3/b6-5+. The summed E-state index contributed by atoms with van der Waals surface area (Å²) >= 11 is 0. The van der Waals surface area contributed by atoms with Gasteiger partial charge in [0.25, 0.3) is 0 Å². The van der Waals surface area contributed by atoms with Gasteiger partial charge in [0.1, 0.15) is 0 Å². The number of carbonyl (C=O) groups excluding carboxylic acids is 3. The Morgan fingerprint density at radius 1 is 1.07 bits per heavy atom. The maximum absolute atomic E-state index is 11.2. The number of methoxy groups -OCH3 is 2. The predicted molar refractivity (Wildman–Crippen MR) is 48.7 cm³/mol. The Morgan fingerprint density at radius 2 is 1.67 bits per heavy atom. The number of carbonyl (C=O) groups is 3. The van der Waals surface area contributed by atoms with Gasteiger partial charge in [0, 0.05) is 6.08 Å².